The smallest absolute Gasteiger partial charge is 0.260 e. The van der Waals surface area contributed by atoms with Gasteiger partial charge in [-0.25, -0.2) is 0 Å². The molecule has 0 aliphatic carbocycles. The SMILES string of the molecule is Cc1ccc(-c2noc(-c3ccc(Br)cc3N)n2)c(Br)c1. The molecule has 2 N–H and O–H groups in total. The number of benzene rings is 2. The number of aromatic nitrogens is 2. The van der Waals surface area contributed by atoms with Crippen LogP contribution in [0.2, 0.25) is 0 Å². The van der Waals surface area contributed by atoms with E-state index in [-0.39, 0.29) is 0 Å². The lowest BCUT2D eigenvalue weighted by Crippen LogP contribution is -1.90. The molecule has 106 valence electrons. The Balaban J connectivity index is 2.03. The van der Waals surface area contributed by atoms with Gasteiger partial charge in [-0.3, -0.25) is 0 Å². The van der Waals surface area contributed by atoms with Crippen molar-refractivity contribution in [1.29, 1.82) is 0 Å². The van der Waals surface area contributed by atoms with E-state index in [0.717, 1.165) is 25.6 Å². The van der Waals surface area contributed by atoms with Crippen molar-refractivity contribution in [2.24, 2.45) is 0 Å². The molecular weight excluding hydrogens is 398 g/mol. The molecule has 0 saturated carbocycles. The number of nitrogens with zero attached hydrogens (tertiary/aromatic N) is 2. The van der Waals surface area contributed by atoms with E-state index in [1.165, 1.54) is 0 Å². The maximum absolute atomic E-state index is 5.98. The number of anilines is 1. The number of hydrogen-bond acceptors (Lipinski definition) is 4. The molecule has 2 aromatic carbocycles. The lowest BCUT2D eigenvalue weighted by molar-refractivity contribution is 0.432. The molecule has 0 aliphatic heterocycles. The molecular formula is C15H11Br2N3O. The molecule has 0 amide bonds. The van der Waals surface area contributed by atoms with E-state index in [1.54, 1.807) is 6.07 Å². The van der Waals surface area contributed by atoms with Gasteiger partial charge in [-0.1, -0.05) is 43.1 Å². The highest BCUT2D eigenvalue weighted by molar-refractivity contribution is 9.10. The second-order valence-electron chi connectivity index (χ2n) is 4.64. The van der Waals surface area contributed by atoms with E-state index in [9.17, 15) is 0 Å². The fourth-order valence-corrected chi connectivity index (χ4v) is 3.02. The van der Waals surface area contributed by atoms with Crippen molar-refractivity contribution in [3.05, 3.63) is 50.9 Å². The minimum atomic E-state index is 0.405. The van der Waals surface area contributed by atoms with Crippen LogP contribution in [0.25, 0.3) is 22.8 Å². The Morgan fingerprint density at radius 2 is 1.81 bits per heavy atom. The summed E-state index contributed by atoms with van der Waals surface area (Å²) in [6.45, 7) is 2.03. The predicted octanol–water partition coefficient (Wildman–Crippen LogP) is 4.82. The molecule has 0 fully saturated rings. The van der Waals surface area contributed by atoms with E-state index in [1.807, 2.05) is 37.3 Å². The van der Waals surface area contributed by atoms with Crippen LogP contribution in [0.1, 0.15) is 5.56 Å². The van der Waals surface area contributed by atoms with Crippen LogP contribution < -0.4 is 5.73 Å². The fraction of sp³-hybridized carbons (Fsp3) is 0.0667. The molecule has 0 radical (unpaired) electrons. The summed E-state index contributed by atoms with van der Waals surface area (Å²) in [5.41, 5.74) is 9.33. The molecule has 0 bridgehead atoms. The van der Waals surface area contributed by atoms with Crippen LogP contribution in [0.15, 0.2) is 49.9 Å². The zero-order valence-corrected chi connectivity index (χ0v) is 14.3. The van der Waals surface area contributed by atoms with Gasteiger partial charge in [0.1, 0.15) is 0 Å². The van der Waals surface area contributed by atoms with Crippen molar-refractivity contribution in [3.63, 3.8) is 0 Å². The van der Waals surface area contributed by atoms with Gasteiger partial charge in [-0.2, -0.15) is 4.98 Å². The van der Waals surface area contributed by atoms with Crippen molar-refractivity contribution in [1.82, 2.24) is 10.1 Å². The molecule has 1 heterocycles. The average Bonchev–Trinajstić information content (AvgIpc) is 2.87. The van der Waals surface area contributed by atoms with Crippen LogP contribution in [0.3, 0.4) is 0 Å². The number of aryl methyl sites for hydroxylation is 1. The highest BCUT2D eigenvalue weighted by Gasteiger charge is 2.15. The van der Waals surface area contributed by atoms with Crippen LogP contribution in [-0.2, 0) is 0 Å². The number of halogens is 2. The first-order valence-corrected chi connectivity index (χ1v) is 7.79. The van der Waals surface area contributed by atoms with Gasteiger partial charge < -0.3 is 10.3 Å². The lowest BCUT2D eigenvalue weighted by Gasteiger charge is -2.01. The summed E-state index contributed by atoms with van der Waals surface area (Å²) in [4.78, 5) is 4.43. The van der Waals surface area contributed by atoms with Gasteiger partial charge in [0.25, 0.3) is 5.89 Å². The minimum Gasteiger partial charge on any atom is -0.398 e. The maximum Gasteiger partial charge on any atom is 0.260 e. The summed E-state index contributed by atoms with van der Waals surface area (Å²) >= 11 is 6.89. The Kier molecular flexibility index (Phi) is 3.82. The van der Waals surface area contributed by atoms with Gasteiger partial charge in [0, 0.05) is 20.2 Å². The van der Waals surface area contributed by atoms with Crippen molar-refractivity contribution in [3.8, 4) is 22.8 Å². The highest BCUT2D eigenvalue weighted by Crippen LogP contribution is 2.31. The first-order valence-electron chi connectivity index (χ1n) is 6.20. The standard InChI is InChI=1S/C15H11Br2N3O/c1-8-2-4-10(12(17)6-8)14-19-15(21-20-14)11-5-3-9(16)7-13(11)18/h2-7H,18H2,1H3. The van der Waals surface area contributed by atoms with Crippen molar-refractivity contribution in [2.45, 2.75) is 6.92 Å². The summed E-state index contributed by atoms with van der Waals surface area (Å²) in [5, 5.41) is 4.03. The van der Waals surface area contributed by atoms with Gasteiger partial charge in [0.2, 0.25) is 5.82 Å². The van der Waals surface area contributed by atoms with Gasteiger partial charge in [0.05, 0.1) is 5.56 Å². The normalized spacial score (nSPS) is 10.8. The van der Waals surface area contributed by atoms with E-state index < -0.39 is 0 Å². The van der Waals surface area contributed by atoms with Crippen LogP contribution in [0.5, 0.6) is 0 Å². The van der Waals surface area contributed by atoms with Gasteiger partial charge in [-0.15, -0.1) is 0 Å². The second kappa shape index (κ2) is 5.61. The Hall–Kier alpha value is -1.66. The monoisotopic (exact) mass is 407 g/mol. The van der Waals surface area contributed by atoms with E-state index in [0.29, 0.717) is 17.4 Å². The Labute approximate surface area is 138 Å². The Morgan fingerprint density at radius 3 is 2.52 bits per heavy atom. The van der Waals surface area contributed by atoms with E-state index in [4.69, 9.17) is 10.3 Å². The van der Waals surface area contributed by atoms with Crippen molar-refractivity contribution < 1.29 is 4.52 Å². The van der Waals surface area contributed by atoms with Crippen LogP contribution in [-0.4, -0.2) is 10.1 Å². The first kappa shape index (κ1) is 14.3. The zero-order chi connectivity index (χ0) is 15.0. The van der Waals surface area contributed by atoms with Gasteiger partial charge in [0.15, 0.2) is 0 Å². The number of nitrogens with two attached hydrogens (primary N) is 1. The molecule has 0 saturated heterocycles. The summed E-state index contributed by atoms with van der Waals surface area (Å²) in [5.74, 6) is 0.932. The summed E-state index contributed by atoms with van der Waals surface area (Å²) in [6, 6.07) is 11.5. The van der Waals surface area contributed by atoms with Crippen LogP contribution >= 0.6 is 31.9 Å². The maximum atomic E-state index is 5.98. The van der Waals surface area contributed by atoms with E-state index >= 15 is 0 Å². The van der Waals surface area contributed by atoms with Crippen molar-refractivity contribution in [2.75, 3.05) is 5.73 Å². The summed E-state index contributed by atoms with van der Waals surface area (Å²) in [6.07, 6.45) is 0. The molecule has 0 unspecified atom stereocenters. The van der Waals surface area contributed by atoms with Crippen LogP contribution in [0, 0.1) is 6.92 Å². The average molecular weight is 409 g/mol. The minimum absolute atomic E-state index is 0.405. The van der Waals surface area contributed by atoms with Gasteiger partial charge in [-0.05, 0) is 42.8 Å². The molecule has 3 aromatic rings. The zero-order valence-electron chi connectivity index (χ0n) is 11.1. The predicted molar refractivity (Wildman–Crippen MR) is 89.7 cm³/mol. The third-order valence-corrected chi connectivity index (χ3v) is 4.18. The molecule has 4 nitrogen and oxygen atoms in total. The summed E-state index contributed by atoms with van der Waals surface area (Å²) < 4.78 is 7.17. The quantitative estimate of drug-likeness (QED) is 0.617. The Bertz CT molecular complexity index is 748. The first-order chi connectivity index (χ1) is 10.0. The molecule has 0 aliphatic rings. The number of hydrogen-bond donors (Lipinski definition) is 1. The third kappa shape index (κ3) is 2.87. The fourth-order valence-electron chi connectivity index (χ4n) is 1.97. The Morgan fingerprint density at radius 1 is 1.05 bits per heavy atom. The van der Waals surface area contributed by atoms with E-state index in [2.05, 4.69) is 42.0 Å². The van der Waals surface area contributed by atoms with Gasteiger partial charge >= 0.3 is 0 Å². The second-order valence-corrected chi connectivity index (χ2v) is 6.41. The topological polar surface area (TPSA) is 64.9 Å². The lowest BCUT2D eigenvalue weighted by atomic mass is 10.1. The third-order valence-electron chi connectivity index (χ3n) is 3.04. The largest absolute Gasteiger partial charge is 0.398 e. The molecule has 3 rings (SSSR count). The molecule has 21 heavy (non-hydrogen) atoms. The van der Waals surface area contributed by atoms with Crippen LogP contribution in [0.4, 0.5) is 5.69 Å². The molecule has 0 spiro atoms. The molecule has 6 heteroatoms. The van der Waals surface area contributed by atoms with Crippen molar-refractivity contribution >= 4 is 37.5 Å². The summed E-state index contributed by atoms with van der Waals surface area (Å²) in [7, 11) is 0. The molecule has 1 aromatic heterocycles. The highest BCUT2D eigenvalue weighted by atomic mass is 79.9. The number of rotatable bonds is 2. The molecule has 0 atom stereocenters. The number of nitrogen functional groups attached to an aromatic ring is 1.